The van der Waals surface area contributed by atoms with Crippen molar-refractivity contribution < 1.29 is 0 Å². The van der Waals surface area contributed by atoms with Crippen LogP contribution in [0, 0.1) is 25.2 Å². The van der Waals surface area contributed by atoms with Crippen LogP contribution in [0.2, 0.25) is 0 Å². The van der Waals surface area contributed by atoms with Crippen LogP contribution in [0.25, 0.3) is 22.3 Å². The largest absolute Gasteiger partial charge is 0.124 e. The normalized spacial score (nSPS) is 14.4. The summed E-state index contributed by atoms with van der Waals surface area (Å²) in [4.78, 5) is 0. The fraction of sp³-hybridized carbons (Fsp3) is 0.193. The molecule has 2 aliphatic carbocycles. The summed E-state index contributed by atoms with van der Waals surface area (Å²) in [5.41, 5.74) is 19.4. The zero-order valence-corrected chi connectivity index (χ0v) is 35.1. The molecule has 0 heterocycles. The van der Waals surface area contributed by atoms with Crippen molar-refractivity contribution in [1.82, 2.24) is 0 Å². The lowest BCUT2D eigenvalue weighted by Gasteiger charge is -2.16. The van der Waals surface area contributed by atoms with E-state index in [1.54, 1.807) is 6.92 Å². The molecule has 2 aliphatic rings. The van der Waals surface area contributed by atoms with Gasteiger partial charge in [0.1, 0.15) is 0 Å². The van der Waals surface area contributed by atoms with Crippen molar-refractivity contribution in [2.45, 2.75) is 73.6 Å². The summed E-state index contributed by atoms with van der Waals surface area (Å²) in [6.07, 6.45) is 35.3. The zero-order valence-electron chi connectivity index (χ0n) is 35.1. The maximum Gasteiger partial charge on any atom is -0.00108 e. The Labute approximate surface area is 345 Å². The van der Waals surface area contributed by atoms with E-state index < -0.39 is 0 Å². The van der Waals surface area contributed by atoms with Crippen LogP contribution in [0.15, 0.2) is 198 Å². The zero-order chi connectivity index (χ0) is 41.6. The minimum absolute atomic E-state index is 0.868. The summed E-state index contributed by atoms with van der Waals surface area (Å²) in [5, 5.41) is 0. The molecule has 4 aromatic carbocycles. The molecule has 4 aromatic rings. The molecular formula is C57H60. The molecule has 57 heavy (non-hydrogen) atoms. The van der Waals surface area contributed by atoms with Gasteiger partial charge in [0.25, 0.3) is 0 Å². The minimum atomic E-state index is 0.868. The predicted molar refractivity (Wildman–Crippen MR) is 254 cm³/mol. The number of hydrogen-bond donors (Lipinski definition) is 0. The van der Waals surface area contributed by atoms with Crippen molar-refractivity contribution in [3.63, 3.8) is 0 Å². The van der Waals surface area contributed by atoms with Gasteiger partial charge >= 0.3 is 0 Å². The Hall–Kier alpha value is -6.34. The third-order valence-electron chi connectivity index (χ3n) is 10.2. The number of benzene rings is 4. The monoisotopic (exact) mass is 744 g/mol. The molecule has 0 atom stereocenters. The third kappa shape index (κ3) is 13.1. The maximum absolute atomic E-state index is 4.60. The molecule has 0 saturated carbocycles. The standard InChI is InChI=1S/C34H38.C18H16.C3H4.C2H2/c1-6-8-10-15-26(3)34(28(5)27(4)31-18-11-9-12-19-31)23-22-30-17-14-21-33(25-30)32-20-13-16-29(7-2)24-32;1-13(15-8-4-3-5-9-15)18-12-16-10-6-7-11-17(16)14(18)2;1-3-2;1-2/h6,8,10-11,13-21,23-25H,3,7,9,12,22H2,1-2,4-5H3;3-11H,2,12H2,1H3;1H,2H3;1-2H/b8-6-,15-10-,28-27+,34-23-;18-13+;;. The molecule has 0 spiro atoms. The van der Waals surface area contributed by atoms with E-state index in [1.807, 2.05) is 13.0 Å². The summed E-state index contributed by atoms with van der Waals surface area (Å²) < 4.78 is 0. The van der Waals surface area contributed by atoms with Gasteiger partial charge in [-0.25, -0.2) is 0 Å². The Kier molecular flexibility index (Phi) is 19.2. The smallest absolute Gasteiger partial charge is 0.00108 e. The molecule has 0 fully saturated rings. The highest BCUT2D eigenvalue weighted by Gasteiger charge is 2.21. The van der Waals surface area contributed by atoms with E-state index in [1.165, 1.54) is 78.0 Å². The Morgan fingerprint density at radius 1 is 0.807 bits per heavy atom. The van der Waals surface area contributed by atoms with Crippen LogP contribution in [0.5, 0.6) is 0 Å². The Balaban J connectivity index is 0.000000315. The van der Waals surface area contributed by atoms with Gasteiger partial charge < -0.3 is 0 Å². The van der Waals surface area contributed by atoms with Crippen molar-refractivity contribution in [2.75, 3.05) is 0 Å². The van der Waals surface area contributed by atoms with Gasteiger partial charge in [-0.15, -0.1) is 25.2 Å². The van der Waals surface area contributed by atoms with Crippen LogP contribution in [0.1, 0.15) is 82.2 Å². The lowest BCUT2D eigenvalue weighted by molar-refractivity contribution is 1.01. The highest BCUT2D eigenvalue weighted by Crippen LogP contribution is 2.39. The van der Waals surface area contributed by atoms with Crippen LogP contribution >= 0.6 is 0 Å². The van der Waals surface area contributed by atoms with Crippen LogP contribution in [-0.2, 0) is 19.3 Å². The van der Waals surface area contributed by atoms with E-state index in [0.717, 1.165) is 37.7 Å². The van der Waals surface area contributed by atoms with Gasteiger partial charge in [0.15, 0.2) is 0 Å². The summed E-state index contributed by atoms with van der Waals surface area (Å²) in [6.45, 7) is 21.2. The molecule has 0 N–H and O–H groups in total. The molecular weight excluding hydrogens is 685 g/mol. The Bertz CT molecular complexity index is 2260. The summed E-state index contributed by atoms with van der Waals surface area (Å²) >= 11 is 0. The second-order valence-electron chi connectivity index (χ2n) is 13.9. The van der Waals surface area contributed by atoms with E-state index in [0.29, 0.717) is 0 Å². The van der Waals surface area contributed by atoms with Crippen LogP contribution in [0.4, 0.5) is 0 Å². The molecule has 0 aromatic heterocycles. The third-order valence-corrected chi connectivity index (χ3v) is 10.2. The molecule has 288 valence electrons. The minimum Gasteiger partial charge on any atom is -0.124 e. The number of fused-ring (bicyclic) bond motifs is 1. The van der Waals surface area contributed by atoms with Crippen molar-refractivity contribution >= 4 is 11.1 Å². The number of rotatable bonds is 10. The van der Waals surface area contributed by atoms with Crippen molar-refractivity contribution in [2.24, 2.45) is 0 Å². The molecule has 0 unspecified atom stereocenters. The topological polar surface area (TPSA) is 0 Å². The van der Waals surface area contributed by atoms with Crippen molar-refractivity contribution in [3.05, 3.63) is 226 Å². The van der Waals surface area contributed by atoms with Gasteiger partial charge in [-0.2, -0.15) is 0 Å². The molecule has 0 nitrogen and oxygen atoms in total. The Morgan fingerprint density at radius 2 is 1.44 bits per heavy atom. The lowest BCUT2D eigenvalue weighted by Crippen LogP contribution is -1.97. The first-order chi connectivity index (χ1) is 27.7. The van der Waals surface area contributed by atoms with Crippen molar-refractivity contribution in [1.29, 1.82) is 0 Å². The number of allylic oxidation sites excluding steroid dienone is 16. The molecule has 0 heteroatoms. The molecule has 6 rings (SSSR count). The van der Waals surface area contributed by atoms with E-state index >= 15 is 0 Å². The van der Waals surface area contributed by atoms with Gasteiger partial charge in [-0.05, 0) is 150 Å². The van der Waals surface area contributed by atoms with Gasteiger partial charge in [0.2, 0.25) is 0 Å². The average molecular weight is 745 g/mol. The molecule has 0 saturated heterocycles. The summed E-state index contributed by atoms with van der Waals surface area (Å²) in [5.74, 6) is 2.25. The van der Waals surface area contributed by atoms with E-state index in [4.69, 9.17) is 0 Å². The number of aryl methyl sites for hydroxylation is 1. The fourth-order valence-electron chi connectivity index (χ4n) is 6.93. The second kappa shape index (κ2) is 24.2. The maximum atomic E-state index is 4.60. The SMILES string of the molecule is C#C.C#CC.C=C(/C=C\C=C/C)C(=C/Cc1cccc(-c2cccc(CC)c2)c1)/C(C)=C(\C)C1=CCCC=C1.C=C1/C(=C(\C)c2ccccc2)Cc2ccccc21. The van der Waals surface area contributed by atoms with E-state index in [9.17, 15) is 0 Å². The van der Waals surface area contributed by atoms with E-state index in [2.05, 4.69) is 212 Å². The van der Waals surface area contributed by atoms with Gasteiger partial charge in [0.05, 0.1) is 0 Å². The highest BCUT2D eigenvalue weighted by atomic mass is 14.2. The molecule has 0 amide bonds. The average Bonchev–Trinajstić information content (AvgIpc) is 3.61. The second-order valence-corrected chi connectivity index (χ2v) is 13.9. The Morgan fingerprint density at radius 3 is 2.05 bits per heavy atom. The summed E-state index contributed by atoms with van der Waals surface area (Å²) in [6, 6.07) is 36.9. The van der Waals surface area contributed by atoms with Crippen LogP contribution in [-0.4, -0.2) is 0 Å². The molecule has 0 bridgehead atoms. The van der Waals surface area contributed by atoms with Crippen LogP contribution < -0.4 is 0 Å². The predicted octanol–water partition coefficient (Wildman–Crippen LogP) is 15.3. The number of hydrogen-bond acceptors (Lipinski definition) is 0. The van der Waals surface area contributed by atoms with Crippen LogP contribution in [0.3, 0.4) is 0 Å². The van der Waals surface area contributed by atoms with Gasteiger partial charge in [-0.3, -0.25) is 0 Å². The molecule has 0 radical (unpaired) electrons. The van der Waals surface area contributed by atoms with Gasteiger partial charge in [-0.1, -0.05) is 172 Å². The quantitative estimate of drug-likeness (QED) is 0.112. The first kappa shape index (κ1) is 45.1. The lowest BCUT2D eigenvalue weighted by atomic mass is 9.89. The van der Waals surface area contributed by atoms with Crippen molar-refractivity contribution in [3.8, 4) is 36.3 Å². The first-order valence-electron chi connectivity index (χ1n) is 19.9. The van der Waals surface area contributed by atoms with Gasteiger partial charge in [0, 0.05) is 0 Å². The van der Waals surface area contributed by atoms with E-state index in [-0.39, 0.29) is 0 Å². The summed E-state index contributed by atoms with van der Waals surface area (Å²) in [7, 11) is 0. The number of terminal acetylenes is 2. The fourth-order valence-corrected chi connectivity index (χ4v) is 6.93. The molecule has 0 aliphatic heterocycles. The highest BCUT2D eigenvalue weighted by molar-refractivity contribution is 5.92. The first-order valence-corrected chi connectivity index (χ1v) is 19.9.